The Kier molecular flexibility index (Phi) is 6.79. The molecule has 0 aliphatic rings. The largest absolute Gasteiger partial charge is 0.494 e. The lowest BCUT2D eigenvalue weighted by molar-refractivity contribution is 0.234. The Balaban J connectivity index is 1.78. The third-order valence-corrected chi connectivity index (χ3v) is 3.47. The third kappa shape index (κ3) is 6.64. The summed E-state index contributed by atoms with van der Waals surface area (Å²) in [6.45, 7) is 7.97. The normalized spacial score (nSPS) is 12.0. The van der Waals surface area contributed by atoms with E-state index in [1.807, 2.05) is 54.6 Å². The topological polar surface area (TPSA) is 30.5 Å². The molecule has 0 bridgehead atoms. The second-order valence-corrected chi connectivity index (χ2v) is 6.18. The summed E-state index contributed by atoms with van der Waals surface area (Å²) in [5, 5.41) is 3.40. The van der Waals surface area contributed by atoms with Crippen molar-refractivity contribution >= 4 is 5.69 Å². The summed E-state index contributed by atoms with van der Waals surface area (Å²) < 4.78 is 11.7. The quantitative estimate of drug-likeness (QED) is 0.707. The van der Waals surface area contributed by atoms with Crippen molar-refractivity contribution in [2.45, 2.75) is 33.3 Å². The maximum absolute atomic E-state index is 5.86. The van der Waals surface area contributed by atoms with Gasteiger partial charge in [-0.3, -0.25) is 0 Å². The van der Waals surface area contributed by atoms with Crippen molar-refractivity contribution in [1.29, 1.82) is 0 Å². The first-order chi connectivity index (χ1) is 11.1. The summed E-state index contributed by atoms with van der Waals surface area (Å²) in [5.41, 5.74) is 1.05. The lowest BCUT2D eigenvalue weighted by Gasteiger charge is -2.16. The predicted octanol–water partition coefficient (Wildman–Crippen LogP) is 4.99. The van der Waals surface area contributed by atoms with Gasteiger partial charge in [0, 0.05) is 11.8 Å². The second-order valence-electron chi connectivity index (χ2n) is 6.18. The summed E-state index contributed by atoms with van der Waals surface area (Å²) in [5.74, 6) is 2.46. The highest BCUT2D eigenvalue weighted by atomic mass is 16.5. The number of hydrogen-bond acceptors (Lipinski definition) is 3. The zero-order valence-corrected chi connectivity index (χ0v) is 14.3. The molecular weight excluding hydrogens is 286 g/mol. The molecule has 0 radical (unpaired) electrons. The molecule has 0 fully saturated rings. The van der Waals surface area contributed by atoms with Gasteiger partial charge in [-0.1, -0.05) is 38.1 Å². The Bertz CT molecular complexity index is 569. The van der Waals surface area contributed by atoms with E-state index in [0.717, 1.165) is 36.8 Å². The average Bonchev–Trinajstić information content (AvgIpc) is 2.54. The van der Waals surface area contributed by atoms with Gasteiger partial charge in [0.1, 0.15) is 17.6 Å². The molecule has 0 saturated carbocycles. The molecule has 1 unspecified atom stereocenters. The van der Waals surface area contributed by atoms with Crippen LogP contribution in [0.2, 0.25) is 0 Å². The van der Waals surface area contributed by atoms with E-state index in [0.29, 0.717) is 5.92 Å². The van der Waals surface area contributed by atoms with E-state index in [1.165, 1.54) is 0 Å². The van der Waals surface area contributed by atoms with Crippen LogP contribution in [0, 0.1) is 5.92 Å². The smallest absolute Gasteiger partial charge is 0.121 e. The molecule has 23 heavy (non-hydrogen) atoms. The summed E-state index contributed by atoms with van der Waals surface area (Å²) >= 11 is 0. The van der Waals surface area contributed by atoms with Gasteiger partial charge in [-0.05, 0) is 43.5 Å². The first kappa shape index (κ1) is 17.2. The van der Waals surface area contributed by atoms with E-state index < -0.39 is 0 Å². The third-order valence-electron chi connectivity index (χ3n) is 3.47. The number of anilines is 1. The molecular formula is C20H27NO2. The van der Waals surface area contributed by atoms with Crippen LogP contribution >= 0.6 is 0 Å². The van der Waals surface area contributed by atoms with Crippen molar-refractivity contribution in [1.82, 2.24) is 0 Å². The molecule has 0 aliphatic heterocycles. The maximum atomic E-state index is 5.86. The van der Waals surface area contributed by atoms with Crippen LogP contribution in [-0.4, -0.2) is 19.3 Å². The zero-order chi connectivity index (χ0) is 16.5. The molecule has 3 nitrogen and oxygen atoms in total. The lowest BCUT2D eigenvalue weighted by atomic mass is 10.1. The minimum absolute atomic E-state index is 0.0860. The van der Waals surface area contributed by atoms with Gasteiger partial charge in [0.2, 0.25) is 0 Å². The van der Waals surface area contributed by atoms with Crippen LogP contribution in [0.15, 0.2) is 54.6 Å². The lowest BCUT2D eigenvalue weighted by Crippen LogP contribution is -2.22. The number of para-hydroxylation sites is 1. The highest BCUT2D eigenvalue weighted by molar-refractivity contribution is 5.48. The first-order valence-corrected chi connectivity index (χ1v) is 8.32. The van der Waals surface area contributed by atoms with E-state index in [1.54, 1.807) is 0 Å². The number of hydrogen-bond donors (Lipinski definition) is 1. The van der Waals surface area contributed by atoms with E-state index >= 15 is 0 Å². The van der Waals surface area contributed by atoms with Crippen LogP contribution in [0.5, 0.6) is 11.5 Å². The van der Waals surface area contributed by atoms with Crippen molar-refractivity contribution in [2.75, 3.05) is 18.5 Å². The van der Waals surface area contributed by atoms with Crippen LogP contribution in [0.4, 0.5) is 5.69 Å². The molecule has 124 valence electrons. The fourth-order valence-electron chi connectivity index (χ4n) is 2.14. The van der Waals surface area contributed by atoms with Gasteiger partial charge in [0.05, 0.1) is 13.2 Å². The van der Waals surface area contributed by atoms with Crippen molar-refractivity contribution in [3.05, 3.63) is 54.6 Å². The summed E-state index contributed by atoms with van der Waals surface area (Å²) in [6, 6.07) is 18.0. The van der Waals surface area contributed by atoms with Gasteiger partial charge in [0.25, 0.3) is 0 Å². The molecule has 0 amide bonds. The maximum Gasteiger partial charge on any atom is 0.121 e. The SMILES string of the molecule is CC(C)CCOc1cccc(NCC(C)Oc2ccccc2)c1. The number of rotatable bonds is 9. The second kappa shape index (κ2) is 9.09. The Labute approximate surface area is 139 Å². The van der Waals surface area contributed by atoms with Crippen LogP contribution < -0.4 is 14.8 Å². The summed E-state index contributed by atoms with van der Waals surface area (Å²) in [7, 11) is 0. The van der Waals surface area contributed by atoms with Crippen LogP contribution in [0.25, 0.3) is 0 Å². The van der Waals surface area contributed by atoms with E-state index in [4.69, 9.17) is 9.47 Å². The van der Waals surface area contributed by atoms with Crippen molar-refractivity contribution in [3.63, 3.8) is 0 Å². The summed E-state index contributed by atoms with van der Waals surface area (Å²) in [4.78, 5) is 0. The fraction of sp³-hybridized carbons (Fsp3) is 0.400. The minimum Gasteiger partial charge on any atom is -0.494 e. The van der Waals surface area contributed by atoms with Crippen molar-refractivity contribution in [3.8, 4) is 11.5 Å². The van der Waals surface area contributed by atoms with E-state index in [2.05, 4.69) is 26.1 Å². The predicted molar refractivity (Wildman–Crippen MR) is 96.4 cm³/mol. The van der Waals surface area contributed by atoms with Gasteiger partial charge < -0.3 is 14.8 Å². The highest BCUT2D eigenvalue weighted by Crippen LogP contribution is 2.18. The Morgan fingerprint density at radius 2 is 1.65 bits per heavy atom. The molecule has 0 aliphatic carbocycles. The molecule has 0 spiro atoms. The fourth-order valence-corrected chi connectivity index (χ4v) is 2.14. The Hall–Kier alpha value is -2.16. The van der Waals surface area contributed by atoms with Gasteiger partial charge in [0.15, 0.2) is 0 Å². The Morgan fingerprint density at radius 1 is 0.913 bits per heavy atom. The first-order valence-electron chi connectivity index (χ1n) is 8.32. The van der Waals surface area contributed by atoms with Crippen LogP contribution in [0.1, 0.15) is 27.2 Å². The number of nitrogens with one attached hydrogen (secondary N) is 1. The standard InChI is InChI=1S/C20H27NO2/c1-16(2)12-13-22-20-11-7-8-18(14-20)21-15-17(3)23-19-9-5-4-6-10-19/h4-11,14,16-17,21H,12-13,15H2,1-3H3. The highest BCUT2D eigenvalue weighted by Gasteiger charge is 2.04. The molecule has 2 rings (SSSR count). The van der Waals surface area contributed by atoms with Crippen molar-refractivity contribution < 1.29 is 9.47 Å². The van der Waals surface area contributed by atoms with Gasteiger partial charge in [-0.2, -0.15) is 0 Å². The van der Waals surface area contributed by atoms with Crippen molar-refractivity contribution in [2.24, 2.45) is 5.92 Å². The van der Waals surface area contributed by atoms with E-state index in [-0.39, 0.29) is 6.10 Å². The monoisotopic (exact) mass is 313 g/mol. The van der Waals surface area contributed by atoms with Crippen LogP contribution in [-0.2, 0) is 0 Å². The molecule has 1 atom stereocenters. The molecule has 2 aromatic rings. The van der Waals surface area contributed by atoms with Gasteiger partial charge in [-0.25, -0.2) is 0 Å². The molecule has 3 heteroatoms. The Morgan fingerprint density at radius 3 is 2.39 bits per heavy atom. The molecule has 0 aromatic heterocycles. The summed E-state index contributed by atoms with van der Waals surface area (Å²) in [6.07, 6.45) is 1.16. The minimum atomic E-state index is 0.0860. The van der Waals surface area contributed by atoms with Crippen LogP contribution in [0.3, 0.4) is 0 Å². The average molecular weight is 313 g/mol. The molecule has 0 heterocycles. The van der Waals surface area contributed by atoms with Gasteiger partial charge >= 0.3 is 0 Å². The molecule has 0 saturated heterocycles. The van der Waals surface area contributed by atoms with Gasteiger partial charge in [-0.15, -0.1) is 0 Å². The molecule has 1 N–H and O–H groups in total. The van der Waals surface area contributed by atoms with E-state index in [9.17, 15) is 0 Å². The molecule has 2 aromatic carbocycles. The number of ether oxygens (including phenoxy) is 2. The number of benzene rings is 2. The zero-order valence-electron chi connectivity index (χ0n) is 14.3.